The molecule has 0 spiro atoms. The van der Waals surface area contributed by atoms with Gasteiger partial charge in [-0.25, -0.2) is 4.98 Å². The molecule has 0 bridgehead atoms. The van der Waals surface area contributed by atoms with Crippen LogP contribution in [0.3, 0.4) is 0 Å². The number of aromatic amines is 1. The predicted octanol–water partition coefficient (Wildman–Crippen LogP) is -0.998. The van der Waals surface area contributed by atoms with Gasteiger partial charge in [-0.15, -0.1) is 0 Å². The summed E-state index contributed by atoms with van der Waals surface area (Å²) in [5, 5.41) is 1.15. The smallest absolute Gasteiger partial charge is 0.0921 e. The molecule has 0 saturated heterocycles. The third kappa shape index (κ3) is 2.14. The van der Waals surface area contributed by atoms with Gasteiger partial charge < -0.3 is 4.98 Å². The zero-order valence-electron chi connectivity index (χ0n) is 5.62. The van der Waals surface area contributed by atoms with E-state index in [1.165, 1.54) is 0 Å². The van der Waals surface area contributed by atoms with Crippen LogP contribution in [0.4, 0.5) is 0 Å². The lowest BCUT2D eigenvalue weighted by atomic mass is 10.3. The number of nitrogens with zero attached hydrogens (tertiary/aromatic N) is 2. The van der Waals surface area contributed by atoms with Gasteiger partial charge in [0.2, 0.25) is 0 Å². The Morgan fingerprint density at radius 2 is 2.40 bits per heavy atom. The Bertz CT molecular complexity index is 168. The standard InChI is InChI=1S/C5H11N5/c6-10(7)2-1-5-3-8-4-9-5/h3-4H,1-2,6-7H2,(H,8,9). The van der Waals surface area contributed by atoms with Gasteiger partial charge in [-0.3, -0.25) is 11.7 Å². The zero-order valence-corrected chi connectivity index (χ0v) is 5.62. The monoisotopic (exact) mass is 141 g/mol. The highest BCUT2D eigenvalue weighted by molar-refractivity contribution is 4.94. The summed E-state index contributed by atoms with van der Waals surface area (Å²) in [4.78, 5) is 6.79. The van der Waals surface area contributed by atoms with Crippen LogP contribution in [0.25, 0.3) is 0 Å². The average Bonchev–Trinajstić information content (AvgIpc) is 2.34. The van der Waals surface area contributed by atoms with Crippen molar-refractivity contribution in [3.63, 3.8) is 0 Å². The van der Waals surface area contributed by atoms with E-state index in [0.29, 0.717) is 6.54 Å². The van der Waals surface area contributed by atoms with Crippen molar-refractivity contribution >= 4 is 0 Å². The maximum atomic E-state index is 5.19. The van der Waals surface area contributed by atoms with Gasteiger partial charge in [0.15, 0.2) is 0 Å². The summed E-state index contributed by atoms with van der Waals surface area (Å²) in [6.45, 7) is 0.627. The summed E-state index contributed by atoms with van der Waals surface area (Å²) in [6, 6.07) is 0. The lowest BCUT2D eigenvalue weighted by molar-refractivity contribution is 0.297. The first-order chi connectivity index (χ1) is 4.79. The summed E-state index contributed by atoms with van der Waals surface area (Å²) in [5.41, 5.74) is 1.04. The molecule has 0 aromatic carbocycles. The van der Waals surface area contributed by atoms with Crippen LogP contribution < -0.4 is 11.7 Å². The van der Waals surface area contributed by atoms with Crippen molar-refractivity contribution in [1.29, 1.82) is 0 Å². The van der Waals surface area contributed by atoms with E-state index in [0.717, 1.165) is 17.2 Å². The van der Waals surface area contributed by atoms with Crippen LogP contribution >= 0.6 is 0 Å². The second kappa shape index (κ2) is 3.31. The molecule has 1 rings (SSSR count). The SMILES string of the molecule is NN(N)CCc1cnc[nH]1. The highest BCUT2D eigenvalue weighted by atomic mass is 15.6. The van der Waals surface area contributed by atoms with Gasteiger partial charge in [0.25, 0.3) is 0 Å². The predicted molar refractivity (Wildman–Crippen MR) is 37.4 cm³/mol. The molecule has 10 heavy (non-hydrogen) atoms. The Morgan fingerprint density at radius 1 is 1.60 bits per heavy atom. The zero-order chi connectivity index (χ0) is 7.40. The van der Waals surface area contributed by atoms with E-state index >= 15 is 0 Å². The molecule has 0 aliphatic heterocycles. The van der Waals surface area contributed by atoms with Crippen LogP contribution in [0.15, 0.2) is 12.5 Å². The van der Waals surface area contributed by atoms with Crippen molar-refractivity contribution in [2.45, 2.75) is 6.42 Å². The normalized spacial score (nSPS) is 10.7. The second-order valence-electron chi connectivity index (χ2n) is 2.06. The molecule has 0 aliphatic carbocycles. The number of hydrazine groups is 2. The molecule has 0 atom stereocenters. The molecule has 0 aliphatic rings. The van der Waals surface area contributed by atoms with Gasteiger partial charge in [0.1, 0.15) is 0 Å². The highest BCUT2D eigenvalue weighted by Gasteiger charge is 1.94. The van der Waals surface area contributed by atoms with Gasteiger partial charge >= 0.3 is 0 Å². The van der Waals surface area contributed by atoms with Crippen LogP contribution in [-0.4, -0.2) is 21.6 Å². The third-order valence-corrected chi connectivity index (χ3v) is 1.19. The van der Waals surface area contributed by atoms with Crippen molar-refractivity contribution in [3.05, 3.63) is 18.2 Å². The maximum absolute atomic E-state index is 5.19. The molecule has 1 heterocycles. The molecule has 56 valence electrons. The van der Waals surface area contributed by atoms with Gasteiger partial charge in [0, 0.05) is 24.9 Å². The number of rotatable bonds is 3. The van der Waals surface area contributed by atoms with Gasteiger partial charge in [0.05, 0.1) is 6.33 Å². The lowest BCUT2D eigenvalue weighted by Gasteiger charge is -2.06. The third-order valence-electron chi connectivity index (χ3n) is 1.19. The Morgan fingerprint density at radius 3 is 2.90 bits per heavy atom. The molecular weight excluding hydrogens is 130 g/mol. The van der Waals surface area contributed by atoms with Crippen LogP contribution in [0.1, 0.15) is 5.69 Å². The lowest BCUT2D eigenvalue weighted by Crippen LogP contribution is -2.39. The minimum absolute atomic E-state index is 0.627. The first-order valence-corrected chi connectivity index (χ1v) is 3.03. The fraction of sp³-hybridized carbons (Fsp3) is 0.400. The summed E-state index contributed by atoms with van der Waals surface area (Å²) in [5.74, 6) is 10.4. The minimum atomic E-state index is 0.627. The molecule has 5 nitrogen and oxygen atoms in total. The molecular formula is C5H11N5. The number of H-pyrrole nitrogens is 1. The minimum Gasteiger partial charge on any atom is -0.348 e. The Labute approximate surface area is 59.0 Å². The van der Waals surface area contributed by atoms with E-state index in [-0.39, 0.29) is 0 Å². The van der Waals surface area contributed by atoms with Crippen molar-refractivity contribution in [2.24, 2.45) is 11.7 Å². The number of aromatic nitrogens is 2. The van der Waals surface area contributed by atoms with E-state index < -0.39 is 0 Å². The Hall–Kier alpha value is -0.910. The summed E-state index contributed by atoms with van der Waals surface area (Å²) in [7, 11) is 0. The number of hydrogen-bond acceptors (Lipinski definition) is 4. The van der Waals surface area contributed by atoms with Crippen molar-refractivity contribution in [3.8, 4) is 0 Å². The Kier molecular flexibility index (Phi) is 2.38. The number of nitrogens with two attached hydrogens (primary N) is 2. The van der Waals surface area contributed by atoms with Crippen LogP contribution in [0.2, 0.25) is 0 Å². The number of hydrogen-bond donors (Lipinski definition) is 3. The fourth-order valence-corrected chi connectivity index (χ4v) is 0.671. The summed E-state index contributed by atoms with van der Waals surface area (Å²) in [6.07, 6.45) is 4.18. The quantitative estimate of drug-likeness (QED) is 0.372. The van der Waals surface area contributed by atoms with Crippen molar-refractivity contribution in [2.75, 3.05) is 6.54 Å². The summed E-state index contributed by atoms with van der Waals surface area (Å²) >= 11 is 0. The number of imidazole rings is 1. The first-order valence-electron chi connectivity index (χ1n) is 3.03. The maximum Gasteiger partial charge on any atom is 0.0921 e. The molecule has 1 aromatic rings. The molecule has 1 aromatic heterocycles. The van der Waals surface area contributed by atoms with Crippen LogP contribution in [0.5, 0.6) is 0 Å². The van der Waals surface area contributed by atoms with Crippen LogP contribution in [0, 0.1) is 0 Å². The van der Waals surface area contributed by atoms with E-state index in [9.17, 15) is 0 Å². The van der Waals surface area contributed by atoms with E-state index in [1.807, 2.05) is 0 Å². The molecule has 0 fully saturated rings. The molecule has 0 amide bonds. The summed E-state index contributed by atoms with van der Waals surface area (Å²) < 4.78 is 0. The fourth-order valence-electron chi connectivity index (χ4n) is 0.671. The molecule has 5 N–H and O–H groups in total. The molecule has 0 saturated carbocycles. The van der Waals surface area contributed by atoms with Crippen molar-refractivity contribution in [1.82, 2.24) is 15.1 Å². The van der Waals surface area contributed by atoms with Gasteiger partial charge in [-0.05, 0) is 0 Å². The average molecular weight is 141 g/mol. The van der Waals surface area contributed by atoms with E-state index in [1.54, 1.807) is 12.5 Å². The first kappa shape index (κ1) is 7.20. The second-order valence-corrected chi connectivity index (χ2v) is 2.06. The molecule has 0 radical (unpaired) electrons. The van der Waals surface area contributed by atoms with E-state index in [2.05, 4.69) is 9.97 Å². The highest BCUT2D eigenvalue weighted by Crippen LogP contribution is 1.90. The van der Waals surface area contributed by atoms with Gasteiger partial charge in [-0.2, -0.15) is 5.12 Å². The topological polar surface area (TPSA) is 84.0 Å². The largest absolute Gasteiger partial charge is 0.348 e. The van der Waals surface area contributed by atoms with Crippen molar-refractivity contribution < 1.29 is 0 Å². The molecule has 0 unspecified atom stereocenters. The van der Waals surface area contributed by atoms with E-state index in [4.69, 9.17) is 11.7 Å². The Balaban J connectivity index is 2.28. The van der Waals surface area contributed by atoms with Crippen LogP contribution in [-0.2, 0) is 6.42 Å². The number of nitrogens with one attached hydrogen (secondary N) is 1. The molecule has 5 heteroatoms. The van der Waals surface area contributed by atoms with Gasteiger partial charge in [-0.1, -0.05) is 0 Å².